The molecule has 1 N–H and O–H groups in total. The van der Waals surface area contributed by atoms with Crippen molar-refractivity contribution < 1.29 is 4.74 Å². The Morgan fingerprint density at radius 2 is 2.30 bits per heavy atom. The van der Waals surface area contributed by atoms with Gasteiger partial charge in [-0.1, -0.05) is 0 Å². The summed E-state index contributed by atoms with van der Waals surface area (Å²) in [5.74, 6) is 1.35. The Morgan fingerprint density at radius 1 is 1.45 bits per heavy atom. The van der Waals surface area contributed by atoms with Crippen LogP contribution in [-0.4, -0.2) is 20.8 Å². The molecule has 0 saturated heterocycles. The van der Waals surface area contributed by atoms with E-state index in [4.69, 9.17) is 4.74 Å². The lowest BCUT2D eigenvalue weighted by atomic mass is 10.2. The van der Waals surface area contributed by atoms with E-state index in [1.807, 2.05) is 23.9 Å². The maximum atomic E-state index is 5.84. The van der Waals surface area contributed by atoms with Crippen LogP contribution in [0.1, 0.15) is 25.3 Å². The fourth-order valence-electron chi connectivity index (χ4n) is 1.91. The van der Waals surface area contributed by atoms with Crippen molar-refractivity contribution in [3.05, 3.63) is 34.7 Å². The largest absolute Gasteiger partial charge is 0.435 e. The molecule has 106 valence electrons. The van der Waals surface area contributed by atoms with Crippen LogP contribution < -0.4 is 10.1 Å². The molecule has 5 nitrogen and oxygen atoms in total. The Morgan fingerprint density at radius 3 is 3.00 bits per heavy atom. The first-order valence-electron chi connectivity index (χ1n) is 6.82. The maximum Gasteiger partial charge on any atom is 0.223 e. The average Bonchev–Trinajstić information content (AvgIpc) is 3.17. The lowest BCUT2D eigenvalue weighted by molar-refractivity contribution is 0.451. The SMILES string of the molecule is CCn1cc(Oc2ncc(Br)cc2CNC2CC2)cn1. The molecule has 0 spiro atoms. The van der Waals surface area contributed by atoms with Gasteiger partial charge in [0.2, 0.25) is 5.88 Å². The van der Waals surface area contributed by atoms with Gasteiger partial charge in [0.25, 0.3) is 0 Å². The van der Waals surface area contributed by atoms with Gasteiger partial charge in [0, 0.05) is 35.4 Å². The van der Waals surface area contributed by atoms with Gasteiger partial charge in [-0.05, 0) is 41.8 Å². The quantitative estimate of drug-likeness (QED) is 0.880. The Hall–Kier alpha value is -1.40. The highest BCUT2D eigenvalue weighted by atomic mass is 79.9. The van der Waals surface area contributed by atoms with Gasteiger partial charge < -0.3 is 10.1 Å². The van der Waals surface area contributed by atoms with Gasteiger partial charge in [0.15, 0.2) is 5.75 Å². The first kappa shape index (κ1) is 13.6. The van der Waals surface area contributed by atoms with Crippen LogP contribution in [0.4, 0.5) is 0 Å². The zero-order valence-electron chi connectivity index (χ0n) is 11.3. The fourth-order valence-corrected chi connectivity index (χ4v) is 2.29. The van der Waals surface area contributed by atoms with E-state index < -0.39 is 0 Å². The van der Waals surface area contributed by atoms with Crippen molar-refractivity contribution in [1.82, 2.24) is 20.1 Å². The van der Waals surface area contributed by atoms with E-state index in [0.29, 0.717) is 17.7 Å². The van der Waals surface area contributed by atoms with Gasteiger partial charge >= 0.3 is 0 Å². The van der Waals surface area contributed by atoms with E-state index in [-0.39, 0.29) is 0 Å². The van der Waals surface area contributed by atoms with Crippen LogP contribution in [0.2, 0.25) is 0 Å². The van der Waals surface area contributed by atoms with Crippen molar-refractivity contribution in [3.8, 4) is 11.6 Å². The van der Waals surface area contributed by atoms with Gasteiger partial charge in [-0.25, -0.2) is 4.98 Å². The van der Waals surface area contributed by atoms with Crippen molar-refractivity contribution in [2.75, 3.05) is 0 Å². The van der Waals surface area contributed by atoms with E-state index in [9.17, 15) is 0 Å². The van der Waals surface area contributed by atoms with Crippen LogP contribution in [0.25, 0.3) is 0 Å². The first-order valence-corrected chi connectivity index (χ1v) is 7.62. The minimum atomic E-state index is 0.636. The molecule has 2 heterocycles. The predicted molar refractivity (Wildman–Crippen MR) is 79.8 cm³/mol. The van der Waals surface area contributed by atoms with E-state index in [1.54, 1.807) is 12.4 Å². The number of aromatic nitrogens is 3. The molecule has 0 unspecified atom stereocenters. The van der Waals surface area contributed by atoms with Gasteiger partial charge in [0.05, 0.1) is 12.4 Å². The minimum absolute atomic E-state index is 0.636. The highest BCUT2D eigenvalue weighted by Crippen LogP contribution is 2.26. The second kappa shape index (κ2) is 5.93. The molecule has 1 aliphatic carbocycles. The lowest BCUT2D eigenvalue weighted by Gasteiger charge is -2.09. The normalized spacial score (nSPS) is 14.5. The van der Waals surface area contributed by atoms with E-state index in [1.165, 1.54) is 12.8 Å². The molecule has 0 radical (unpaired) electrons. The third-order valence-corrected chi connectivity index (χ3v) is 3.63. The molecular formula is C14H17BrN4O. The molecule has 1 aliphatic rings. The molecule has 2 aromatic heterocycles. The first-order chi connectivity index (χ1) is 9.74. The van der Waals surface area contributed by atoms with Crippen LogP contribution in [0.5, 0.6) is 11.6 Å². The summed E-state index contributed by atoms with van der Waals surface area (Å²) in [5.41, 5.74) is 1.05. The third kappa shape index (κ3) is 3.37. The van der Waals surface area contributed by atoms with Crippen LogP contribution in [0, 0.1) is 0 Å². The lowest BCUT2D eigenvalue weighted by Crippen LogP contribution is -2.16. The molecule has 0 atom stereocenters. The summed E-state index contributed by atoms with van der Waals surface area (Å²) in [6.07, 6.45) is 7.87. The second-order valence-electron chi connectivity index (χ2n) is 4.91. The number of hydrogen-bond donors (Lipinski definition) is 1. The van der Waals surface area contributed by atoms with E-state index in [2.05, 4.69) is 31.3 Å². The highest BCUT2D eigenvalue weighted by Gasteiger charge is 2.21. The molecule has 3 rings (SSSR count). The Labute approximate surface area is 126 Å². The topological polar surface area (TPSA) is 52.0 Å². The minimum Gasteiger partial charge on any atom is -0.435 e. The molecule has 6 heteroatoms. The zero-order chi connectivity index (χ0) is 13.9. The molecule has 0 amide bonds. The zero-order valence-corrected chi connectivity index (χ0v) is 12.9. The molecule has 1 fully saturated rings. The summed E-state index contributed by atoms with van der Waals surface area (Å²) in [7, 11) is 0. The van der Waals surface area contributed by atoms with Crippen molar-refractivity contribution in [2.24, 2.45) is 0 Å². The number of aryl methyl sites for hydroxylation is 1. The molecule has 20 heavy (non-hydrogen) atoms. The number of nitrogens with zero attached hydrogens (tertiary/aromatic N) is 3. The van der Waals surface area contributed by atoms with E-state index in [0.717, 1.165) is 23.1 Å². The summed E-state index contributed by atoms with van der Waals surface area (Å²) in [5, 5.41) is 7.68. The second-order valence-corrected chi connectivity index (χ2v) is 5.82. The van der Waals surface area contributed by atoms with Crippen LogP contribution in [0.3, 0.4) is 0 Å². The molecule has 0 bridgehead atoms. The van der Waals surface area contributed by atoms with Crippen LogP contribution >= 0.6 is 15.9 Å². The van der Waals surface area contributed by atoms with Crippen LogP contribution in [0.15, 0.2) is 29.1 Å². The Bertz CT molecular complexity index is 595. The third-order valence-electron chi connectivity index (χ3n) is 3.20. The molecule has 2 aromatic rings. The summed E-state index contributed by atoms with van der Waals surface area (Å²) < 4.78 is 8.63. The average molecular weight is 337 g/mol. The molecule has 1 saturated carbocycles. The number of ether oxygens (including phenoxy) is 1. The van der Waals surface area contributed by atoms with Crippen LogP contribution in [-0.2, 0) is 13.1 Å². The van der Waals surface area contributed by atoms with Crippen molar-refractivity contribution in [1.29, 1.82) is 0 Å². The summed E-state index contributed by atoms with van der Waals surface area (Å²) in [4.78, 5) is 4.36. The van der Waals surface area contributed by atoms with Crippen molar-refractivity contribution in [2.45, 2.75) is 38.9 Å². The number of nitrogens with one attached hydrogen (secondary N) is 1. The molecule has 0 aromatic carbocycles. The summed E-state index contributed by atoms with van der Waals surface area (Å²) in [6, 6.07) is 2.70. The number of hydrogen-bond acceptors (Lipinski definition) is 4. The number of halogens is 1. The standard InChI is InChI=1S/C14H17BrN4O/c1-2-19-9-13(8-18-19)20-14-10(5-11(15)7-17-14)6-16-12-3-4-12/h5,7-9,12,16H,2-4,6H2,1H3. The predicted octanol–water partition coefficient (Wildman–Crippen LogP) is 3.10. The Kier molecular flexibility index (Phi) is 4.03. The maximum absolute atomic E-state index is 5.84. The van der Waals surface area contributed by atoms with Gasteiger partial charge in [-0.15, -0.1) is 0 Å². The van der Waals surface area contributed by atoms with Crippen molar-refractivity contribution in [3.63, 3.8) is 0 Å². The summed E-state index contributed by atoms with van der Waals surface area (Å²) in [6.45, 7) is 3.64. The van der Waals surface area contributed by atoms with Gasteiger partial charge in [0.1, 0.15) is 0 Å². The van der Waals surface area contributed by atoms with Gasteiger partial charge in [-0.3, -0.25) is 4.68 Å². The van der Waals surface area contributed by atoms with E-state index >= 15 is 0 Å². The van der Waals surface area contributed by atoms with Crippen molar-refractivity contribution >= 4 is 15.9 Å². The highest BCUT2D eigenvalue weighted by molar-refractivity contribution is 9.10. The monoisotopic (exact) mass is 336 g/mol. The number of pyridine rings is 1. The fraction of sp³-hybridized carbons (Fsp3) is 0.429. The molecule has 0 aliphatic heterocycles. The number of rotatable bonds is 6. The Balaban J connectivity index is 1.75. The smallest absolute Gasteiger partial charge is 0.223 e. The molecular weight excluding hydrogens is 320 g/mol. The van der Waals surface area contributed by atoms with Gasteiger partial charge in [-0.2, -0.15) is 5.10 Å². The summed E-state index contributed by atoms with van der Waals surface area (Å²) >= 11 is 3.46.